The lowest BCUT2D eigenvalue weighted by atomic mass is 10.1. The lowest BCUT2D eigenvalue weighted by Gasteiger charge is -2.25. The minimum Gasteiger partial charge on any atom is -0.380 e. The van der Waals surface area contributed by atoms with Crippen LogP contribution < -0.4 is 10.6 Å². The molecule has 1 heterocycles. The van der Waals surface area contributed by atoms with Gasteiger partial charge < -0.3 is 15.4 Å². The number of benzene rings is 2. The van der Waals surface area contributed by atoms with Gasteiger partial charge in [-0.3, -0.25) is 9.89 Å². The normalized spacial score (nSPS) is 17.6. The van der Waals surface area contributed by atoms with E-state index in [0.29, 0.717) is 12.6 Å². The molecule has 3 rings (SSSR count). The lowest BCUT2D eigenvalue weighted by Crippen LogP contribution is -2.44. The maximum atomic E-state index is 5.16. The molecule has 0 amide bonds. The largest absolute Gasteiger partial charge is 0.380 e. The Balaban J connectivity index is 1.45. The molecule has 1 aliphatic heterocycles. The van der Waals surface area contributed by atoms with Crippen LogP contribution in [0.4, 0.5) is 0 Å². The molecule has 1 saturated heterocycles. The van der Waals surface area contributed by atoms with Crippen LogP contribution in [0.1, 0.15) is 29.5 Å². The van der Waals surface area contributed by atoms with Crippen molar-refractivity contribution in [3.05, 3.63) is 71.3 Å². The van der Waals surface area contributed by atoms with Crippen LogP contribution >= 0.6 is 0 Å². The van der Waals surface area contributed by atoms with E-state index in [2.05, 4.69) is 75.1 Å². The zero-order chi connectivity index (χ0) is 19.6. The summed E-state index contributed by atoms with van der Waals surface area (Å²) in [6.07, 6.45) is 2.50. The minimum atomic E-state index is 0.548. The highest BCUT2D eigenvalue weighted by Crippen LogP contribution is 2.19. The molecule has 1 aliphatic rings. The molecule has 0 radical (unpaired) electrons. The zero-order valence-electron chi connectivity index (χ0n) is 17.0. The second-order valence-electron chi connectivity index (χ2n) is 7.31. The first-order valence-corrected chi connectivity index (χ1v) is 10.1. The Hall–Kier alpha value is -2.37. The summed E-state index contributed by atoms with van der Waals surface area (Å²) in [5, 5.41) is 6.92. The Labute approximate surface area is 168 Å². The van der Waals surface area contributed by atoms with Crippen LogP contribution in [0, 0.1) is 0 Å². The molecular formula is C23H32N4O. The van der Waals surface area contributed by atoms with Gasteiger partial charge in [-0.05, 0) is 36.1 Å². The van der Waals surface area contributed by atoms with Crippen molar-refractivity contribution < 1.29 is 4.74 Å². The highest BCUT2D eigenvalue weighted by atomic mass is 16.5. The van der Waals surface area contributed by atoms with E-state index < -0.39 is 0 Å². The van der Waals surface area contributed by atoms with Gasteiger partial charge in [0.1, 0.15) is 0 Å². The third-order valence-electron chi connectivity index (χ3n) is 5.25. The van der Waals surface area contributed by atoms with E-state index in [1.165, 1.54) is 36.1 Å². The minimum absolute atomic E-state index is 0.548. The molecule has 0 spiro atoms. The summed E-state index contributed by atoms with van der Waals surface area (Å²) in [5.74, 6) is 0.854. The van der Waals surface area contributed by atoms with Crippen molar-refractivity contribution in [2.24, 2.45) is 4.99 Å². The summed E-state index contributed by atoms with van der Waals surface area (Å²) in [4.78, 5) is 6.95. The molecule has 2 aromatic rings. The van der Waals surface area contributed by atoms with Crippen LogP contribution in [-0.2, 0) is 24.4 Å². The van der Waals surface area contributed by atoms with E-state index in [1.54, 1.807) is 7.11 Å². The Bertz CT molecular complexity index is 730. The van der Waals surface area contributed by atoms with Gasteiger partial charge in [-0.1, -0.05) is 54.6 Å². The molecule has 28 heavy (non-hydrogen) atoms. The van der Waals surface area contributed by atoms with Gasteiger partial charge in [0.15, 0.2) is 5.96 Å². The van der Waals surface area contributed by atoms with E-state index >= 15 is 0 Å². The van der Waals surface area contributed by atoms with Gasteiger partial charge in [0.25, 0.3) is 0 Å². The first-order valence-electron chi connectivity index (χ1n) is 10.1. The van der Waals surface area contributed by atoms with Gasteiger partial charge in [0.2, 0.25) is 0 Å². The van der Waals surface area contributed by atoms with Gasteiger partial charge in [-0.2, -0.15) is 0 Å². The van der Waals surface area contributed by atoms with Gasteiger partial charge in [0, 0.05) is 39.8 Å². The Morgan fingerprint density at radius 2 is 1.79 bits per heavy atom. The van der Waals surface area contributed by atoms with Crippen molar-refractivity contribution in [3.8, 4) is 0 Å². The molecule has 2 N–H and O–H groups in total. The van der Waals surface area contributed by atoms with Crippen LogP contribution in [-0.4, -0.2) is 44.1 Å². The quantitative estimate of drug-likeness (QED) is 0.546. The standard InChI is InChI=1S/C23H32N4O/c1-24-23(25-15-19-10-12-21(13-11-19)18-28-2)26-16-22-9-6-14-27(22)17-20-7-4-3-5-8-20/h3-5,7-8,10-13,22H,6,9,14-18H2,1-2H3,(H2,24,25,26). The maximum absolute atomic E-state index is 5.16. The van der Waals surface area contributed by atoms with E-state index in [1.807, 2.05) is 7.05 Å². The van der Waals surface area contributed by atoms with Crippen molar-refractivity contribution in [2.75, 3.05) is 27.2 Å². The fraction of sp³-hybridized carbons (Fsp3) is 0.435. The molecular weight excluding hydrogens is 348 g/mol. The number of aliphatic imine (C=N–C) groups is 1. The SMILES string of the molecule is CN=C(NCc1ccc(COC)cc1)NCC1CCCN1Cc1ccccc1. The summed E-state index contributed by atoms with van der Waals surface area (Å²) in [6, 6.07) is 19.8. The monoisotopic (exact) mass is 380 g/mol. The number of rotatable bonds is 8. The number of nitrogens with zero attached hydrogens (tertiary/aromatic N) is 2. The fourth-order valence-corrected chi connectivity index (χ4v) is 3.69. The molecule has 0 saturated carbocycles. The van der Waals surface area contributed by atoms with Crippen LogP contribution in [0.15, 0.2) is 59.6 Å². The van der Waals surface area contributed by atoms with Gasteiger partial charge >= 0.3 is 0 Å². The molecule has 150 valence electrons. The van der Waals surface area contributed by atoms with Crippen molar-refractivity contribution in [1.29, 1.82) is 0 Å². The average Bonchev–Trinajstić information content (AvgIpc) is 3.17. The average molecular weight is 381 g/mol. The number of nitrogens with one attached hydrogen (secondary N) is 2. The second-order valence-corrected chi connectivity index (χ2v) is 7.31. The third-order valence-corrected chi connectivity index (χ3v) is 5.25. The number of methoxy groups -OCH3 is 1. The molecule has 1 fully saturated rings. The van der Waals surface area contributed by atoms with Crippen LogP contribution in [0.3, 0.4) is 0 Å². The number of guanidine groups is 1. The molecule has 0 aliphatic carbocycles. The van der Waals surface area contributed by atoms with Crippen molar-refractivity contribution >= 4 is 5.96 Å². The molecule has 5 heteroatoms. The Morgan fingerprint density at radius 3 is 2.50 bits per heavy atom. The maximum Gasteiger partial charge on any atom is 0.191 e. The molecule has 1 atom stereocenters. The van der Waals surface area contributed by atoms with Crippen molar-refractivity contribution in [3.63, 3.8) is 0 Å². The number of likely N-dealkylation sites (tertiary alicyclic amines) is 1. The summed E-state index contributed by atoms with van der Waals surface area (Å²) in [5.41, 5.74) is 3.80. The Kier molecular flexibility index (Phi) is 7.88. The fourth-order valence-electron chi connectivity index (χ4n) is 3.69. The predicted octanol–water partition coefficient (Wildman–Crippen LogP) is 3.16. The Morgan fingerprint density at radius 1 is 1.04 bits per heavy atom. The first kappa shape index (κ1) is 20.4. The van der Waals surface area contributed by atoms with E-state index in [0.717, 1.165) is 25.6 Å². The van der Waals surface area contributed by atoms with Crippen LogP contribution in [0.25, 0.3) is 0 Å². The summed E-state index contributed by atoms with van der Waals surface area (Å²) >= 11 is 0. The number of ether oxygens (including phenoxy) is 1. The van der Waals surface area contributed by atoms with Gasteiger partial charge in [-0.15, -0.1) is 0 Å². The summed E-state index contributed by atoms with van der Waals surface area (Å²) in [6.45, 7) is 4.51. The first-order chi connectivity index (χ1) is 13.8. The number of hydrogen-bond acceptors (Lipinski definition) is 3. The lowest BCUT2D eigenvalue weighted by molar-refractivity contribution is 0.185. The van der Waals surface area contributed by atoms with Crippen molar-refractivity contribution in [1.82, 2.24) is 15.5 Å². The molecule has 1 unspecified atom stereocenters. The summed E-state index contributed by atoms with van der Waals surface area (Å²) < 4.78 is 5.16. The van der Waals surface area contributed by atoms with Crippen molar-refractivity contribution in [2.45, 2.75) is 38.6 Å². The van der Waals surface area contributed by atoms with Gasteiger partial charge in [-0.25, -0.2) is 0 Å². The topological polar surface area (TPSA) is 48.9 Å². The molecule has 5 nitrogen and oxygen atoms in total. The zero-order valence-corrected chi connectivity index (χ0v) is 17.0. The summed E-state index contributed by atoms with van der Waals surface area (Å²) in [7, 11) is 3.55. The second kappa shape index (κ2) is 10.8. The molecule has 0 bridgehead atoms. The smallest absolute Gasteiger partial charge is 0.191 e. The van der Waals surface area contributed by atoms with Crippen LogP contribution in [0.2, 0.25) is 0 Å². The van der Waals surface area contributed by atoms with E-state index in [9.17, 15) is 0 Å². The molecule has 2 aromatic carbocycles. The molecule has 0 aromatic heterocycles. The van der Waals surface area contributed by atoms with Gasteiger partial charge in [0.05, 0.1) is 6.61 Å². The number of hydrogen-bond donors (Lipinski definition) is 2. The van der Waals surface area contributed by atoms with E-state index in [4.69, 9.17) is 4.74 Å². The van der Waals surface area contributed by atoms with E-state index in [-0.39, 0.29) is 0 Å². The highest BCUT2D eigenvalue weighted by Gasteiger charge is 2.24. The highest BCUT2D eigenvalue weighted by molar-refractivity contribution is 5.79. The predicted molar refractivity (Wildman–Crippen MR) is 115 cm³/mol. The van der Waals surface area contributed by atoms with Crippen LogP contribution in [0.5, 0.6) is 0 Å². The third kappa shape index (κ3) is 6.08.